The zero-order valence-corrected chi connectivity index (χ0v) is 31.1. The molecule has 0 spiro atoms. The highest BCUT2D eigenvalue weighted by molar-refractivity contribution is 6.18. The monoisotopic (exact) mass is 728 g/mol. The third-order valence-corrected chi connectivity index (χ3v) is 11.2. The van der Waals surface area contributed by atoms with Crippen molar-refractivity contribution in [2.45, 2.75) is 0 Å². The van der Waals surface area contributed by atoms with Crippen LogP contribution in [0.25, 0.3) is 82.8 Å². The van der Waals surface area contributed by atoms with Gasteiger partial charge in [-0.2, -0.15) is 0 Å². The summed E-state index contributed by atoms with van der Waals surface area (Å²) in [5, 5.41) is 4.60. The molecule has 11 aromatic rings. The van der Waals surface area contributed by atoms with Crippen LogP contribution in [0.15, 0.2) is 223 Å². The van der Waals surface area contributed by atoms with Crippen molar-refractivity contribution in [3.8, 4) is 39.1 Å². The third kappa shape index (κ3) is 5.43. The van der Waals surface area contributed by atoms with E-state index in [0.717, 1.165) is 78.0 Å². The van der Waals surface area contributed by atoms with Gasteiger partial charge in [0.25, 0.3) is 0 Å². The van der Waals surface area contributed by atoms with Gasteiger partial charge in [-0.3, -0.25) is 0 Å². The quantitative estimate of drug-likeness (QED) is 0.163. The Hall–Kier alpha value is -7.62. The topological polar surface area (TPSA) is 21.3 Å². The maximum Gasteiger partial charge on any atom is 0.143 e. The summed E-state index contributed by atoms with van der Waals surface area (Å²) in [5.41, 5.74) is 15.2. The minimum atomic E-state index is 0.884. The van der Waals surface area contributed by atoms with Gasteiger partial charge in [0.05, 0.1) is 28.1 Å². The summed E-state index contributed by atoms with van der Waals surface area (Å²) in [5.74, 6) is 0. The number of para-hydroxylation sites is 6. The van der Waals surface area contributed by atoms with Crippen LogP contribution in [0, 0.1) is 0 Å². The fourth-order valence-corrected chi connectivity index (χ4v) is 8.67. The Balaban J connectivity index is 1.20. The molecule has 0 aliphatic carbocycles. The SMILES string of the molecule is c1ccc(-c2ccc(-c3ccccc3N(c3ccccc3-c3cccc4c3oc3ccccc34)c3cccc4c3c3ccccc3n4-c3ccccc3)cc2)cc1. The fraction of sp³-hybridized carbons (Fsp3) is 0. The number of fused-ring (bicyclic) bond motifs is 6. The first-order valence-corrected chi connectivity index (χ1v) is 19.4. The molecule has 9 aromatic carbocycles. The first-order chi connectivity index (χ1) is 28.3. The normalized spacial score (nSPS) is 11.5. The van der Waals surface area contributed by atoms with Gasteiger partial charge in [0.15, 0.2) is 0 Å². The van der Waals surface area contributed by atoms with E-state index in [0.29, 0.717) is 0 Å². The molecule has 0 aliphatic rings. The van der Waals surface area contributed by atoms with Gasteiger partial charge in [0.2, 0.25) is 0 Å². The second-order valence-corrected chi connectivity index (χ2v) is 14.5. The number of furan rings is 1. The number of rotatable bonds is 7. The van der Waals surface area contributed by atoms with E-state index in [4.69, 9.17) is 4.42 Å². The summed E-state index contributed by atoms with van der Waals surface area (Å²) >= 11 is 0. The molecule has 3 nitrogen and oxygen atoms in total. The average Bonchev–Trinajstić information content (AvgIpc) is 3.84. The molecule has 0 radical (unpaired) electrons. The molecule has 0 fully saturated rings. The zero-order chi connectivity index (χ0) is 37.7. The summed E-state index contributed by atoms with van der Waals surface area (Å²) in [7, 11) is 0. The van der Waals surface area contributed by atoms with Crippen LogP contribution in [0.4, 0.5) is 17.1 Å². The van der Waals surface area contributed by atoms with Crippen LogP contribution in [0.1, 0.15) is 0 Å². The molecule has 2 aromatic heterocycles. The predicted molar refractivity (Wildman–Crippen MR) is 239 cm³/mol. The molecule has 0 N–H and O–H groups in total. The number of nitrogens with zero attached hydrogens (tertiary/aromatic N) is 2. The summed E-state index contributed by atoms with van der Waals surface area (Å²) in [4.78, 5) is 2.47. The lowest BCUT2D eigenvalue weighted by Gasteiger charge is -2.30. The van der Waals surface area contributed by atoms with Gasteiger partial charge in [0, 0.05) is 43.9 Å². The van der Waals surface area contributed by atoms with Crippen molar-refractivity contribution in [1.82, 2.24) is 4.57 Å². The lowest BCUT2D eigenvalue weighted by atomic mass is 9.96. The standard InChI is InChI=1S/C54H36N2O/c1-3-17-37(18-4-1)38-33-35-39(36-34-38)41-21-7-11-27-47(41)56(48-28-12-8-22-42(48)44-25-15-26-45-43-23-10-14-32-52(43)57-54(44)45)51-31-16-30-50-53(51)46-24-9-13-29-49(46)55(50)40-19-5-2-6-20-40/h1-36H. The lowest BCUT2D eigenvalue weighted by molar-refractivity contribution is 0.670. The highest BCUT2D eigenvalue weighted by atomic mass is 16.3. The van der Waals surface area contributed by atoms with Gasteiger partial charge >= 0.3 is 0 Å². The van der Waals surface area contributed by atoms with E-state index in [2.05, 4.69) is 222 Å². The molecule has 0 unspecified atom stereocenters. The lowest BCUT2D eigenvalue weighted by Crippen LogP contribution is -2.13. The van der Waals surface area contributed by atoms with E-state index in [1.165, 1.54) is 21.9 Å². The Morgan fingerprint density at radius 2 is 0.860 bits per heavy atom. The maximum absolute atomic E-state index is 6.68. The largest absolute Gasteiger partial charge is 0.455 e. The van der Waals surface area contributed by atoms with Gasteiger partial charge in [0.1, 0.15) is 11.2 Å². The van der Waals surface area contributed by atoms with E-state index in [9.17, 15) is 0 Å². The second-order valence-electron chi connectivity index (χ2n) is 14.5. The van der Waals surface area contributed by atoms with Crippen molar-refractivity contribution in [3.63, 3.8) is 0 Å². The van der Waals surface area contributed by atoms with Crippen molar-refractivity contribution in [2.75, 3.05) is 4.90 Å². The molecule has 0 saturated carbocycles. The van der Waals surface area contributed by atoms with E-state index < -0.39 is 0 Å². The van der Waals surface area contributed by atoms with E-state index in [1.54, 1.807) is 0 Å². The van der Waals surface area contributed by atoms with E-state index in [1.807, 2.05) is 6.07 Å². The number of benzene rings is 9. The highest BCUT2D eigenvalue weighted by Crippen LogP contribution is 2.50. The fourth-order valence-electron chi connectivity index (χ4n) is 8.67. The van der Waals surface area contributed by atoms with Crippen LogP contribution < -0.4 is 4.90 Å². The zero-order valence-electron chi connectivity index (χ0n) is 31.1. The molecule has 2 heterocycles. The maximum atomic E-state index is 6.68. The molecule has 0 saturated heterocycles. The number of hydrogen-bond acceptors (Lipinski definition) is 2. The summed E-state index contributed by atoms with van der Waals surface area (Å²) < 4.78 is 9.07. The molecule has 0 amide bonds. The Labute approximate surface area is 330 Å². The van der Waals surface area contributed by atoms with Crippen LogP contribution in [0.5, 0.6) is 0 Å². The van der Waals surface area contributed by atoms with Crippen LogP contribution in [-0.2, 0) is 0 Å². The van der Waals surface area contributed by atoms with Gasteiger partial charge in [-0.05, 0) is 65.2 Å². The molecule has 3 heteroatoms. The van der Waals surface area contributed by atoms with Crippen molar-refractivity contribution < 1.29 is 4.42 Å². The van der Waals surface area contributed by atoms with Crippen LogP contribution in [0.3, 0.4) is 0 Å². The number of anilines is 3. The van der Waals surface area contributed by atoms with Crippen molar-refractivity contribution in [1.29, 1.82) is 0 Å². The van der Waals surface area contributed by atoms with Crippen LogP contribution in [0.2, 0.25) is 0 Å². The minimum absolute atomic E-state index is 0.884. The van der Waals surface area contributed by atoms with Gasteiger partial charge in [-0.25, -0.2) is 0 Å². The first kappa shape index (κ1) is 32.8. The molecule has 268 valence electrons. The van der Waals surface area contributed by atoms with E-state index in [-0.39, 0.29) is 0 Å². The van der Waals surface area contributed by atoms with E-state index >= 15 is 0 Å². The summed E-state index contributed by atoms with van der Waals surface area (Å²) in [6.07, 6.45) is 0. The molecule has 0 bridgehead atoms. The Morgan fingerprint density at radius 1 is 0.333 bits per heavy atom. The van der Waals surface area contributed by atoms with Crippen molar-refractivity contribution >= 4 is 60.8 Å². The highest BCUT2D eigenvalue weighted by Gasteiger charge is 2.26. The van der Waals surface area contributed by atoms with Gasteiger partial charge < -0.3 is 13.9 Å². The summed E-state index contributed by atoms with van der Waals surface area (Å²) in [6.45, 7) is 0. The third-order valence-electron chi connectivity index (χ3n) is 11.2. The average molecular weight is 729 g/mol. The first-order valence-electron chi connectivity index (χ1n) is 19.4. The molecule has 11 rings (SSSR count). The molecule has 0 aliphatic heterocycles. The Bertz CT molecular complexity index is 3230. The summed E-state index contributed by atoms with van der Waals surface area (Å²) in [6, 6.07) is 78.1. The second kappa shape index (κ2) is 13.6. The Morgan fingerprint density at radius 3 is 1.67 bits per heavy atom. The number of aromatic nitrogens is 1. The predicted octanol–water partition coefficient (Wildman–Crippen LogP) is 15.2. The molecular formula is C54H36N2O. The molecule has 0 atom stereocenters. The number of hydrogen-bond donors (Lipinski definition) is 0. The van der Waals surface area contributed by atoms with Crippen molar-refractivity contribution in [2.24, 2.45) is 0 Å². The Kier molecular flexibility index (Phi) is 7.82. The van der Waals surface area contributed by atoms with Crippen LogP contribution >= 0.6 is 0 Å². The molecular weight excluding hydrogens is 693 g/mol. The van der Waals surface area contributed by atoms with Crippen molar-refractivity contribution in [3.05, 3.63) is 218 Å². The van der Waals surface area contributed by atoms with Gasteiger partial charge in [-0.1, -0.05) is 170 Å². The van der Waals surface area contributed by atoms with Crippen LogP contribution in [-0.4, -0.2) is 4.57 Å². The smallest absolute Gasteiger partial charge is 0.143 e. The van der Waals surface area contributed by atoms with Gasteiger partial charge in [-0.15, -0.1) is 0 Å². The molecule has 57 heavy (non-hydrogen) atoms. The minimum Gasteiger partial charge on any atom is -0.455 e.